The van der Waals surface area contributed by atoms with E-state index in [-0.39, 0.29) is 29.5 Å². The maximum absolute atomic E-state index is 12.2. The van der Waals surface area contributed by atoms with Gasteiger partial charge in [-0.25, -0.2) is 0 Å². The average molecular weight is 628 g/mol. The molecular formula is C38H33N3O6. The Labute approximate surface area is 271 Å². The zero-order valence-corrected chi connectivity index (χ0v) is 26.4. The lowest BCUT2D eigenvalue weighted by Gasteiger charge is -2.26. The number of esters is 2. The predicted molar refractivity (Wildman–Crippen MR) is 183 cm³/mol. The van der Waals surface area contributed by atoms with Gasteiger partial charge in [0.05, 0.1) is 27.8 Å². The Morgan fingerprint density at radius 3 is 1.64 bits per heavy atom. The minimum Gasteiger partial charge on any atom is -0.426 e. The normalized spacial score (nSPS) is 11.3. The molecule has 5 aromatic carbocycles. The zero-order valence-electron chi connectivity index (χ0n) is 26.4. The molecule has 0 aliphatic heterocycles. The van der Waals surface area contributed by atoms with E-state index >= 15 is 0 Å². The van der Waals surface area contributed by atoms with Crippen LogP contribution in [-0.2, 0) is 9.59 Å². The summed E-state index contributed by atoms with van der Waals surface area (Å²) in [6, 6.07) is 35.4. The van der Waals surface area contributed by atoms with Crippen molar-refractivity contribution in [3.8, 4) is 17.2 Å². The molecule has 0 amide bonds. The first-order valence-electron chi connectivity index (χ1n) is 15.3. The van der Waals surface area contributed by atoms with E-state index in [2.05, 4.69) is 21.6 Å². The van der Waals surface area contributed by atoms with Gasteiger partial charge in [-0.05, 0) is 84.9 Å². The number of hydrogen-bond acceptors (Lipinski definition) is 7. The minimum absolute atomic E-state index is 0.0300. The van der Waals surface area contributed by atoms with E-state index in [1.54, 1.807) is 64.1 Å². The van der Waals surface area contributed by atoms with Gasteiger partial charge >= 0.3 is 11.9 Å². The number of rotatable bonds is 9. The van der Waals surface area contributed by atoms with Gasteiger partial charge in [0.15, 0.2) is 0 Å². The summed E-state index contributed by atoms with van der Waals surface area (Å²) >= 11 is 0. The molecule has 0 spiro atoms. The van der Waals surface area contributed by atoms with Crippen molar-refractivity contribution < 1.29 is 24.0 Å². The first-order chi connectivity index (χ1) is 22.6. The molecule has 0 radical (unpaired) electrons. The molecule has 0 aliphatic rings. The van der Waals surface area contributed by atoms with Crippen LogP contribution in [0.3, 0.4) is 0 Å². The number of benzene rings is 5. The van der Waals surface area contributed by atoms with Gasteiger partial charge < -0.3 is 18.9 Å². The lowest BCUT2D eigenvalue weighted by atomic mass is 10.1. The number of fused-ring (bicyclic) bond motifs is 3. The van der Waals surface area contributed by atoms with Crippen LogP contribution in [0.2, 0.25) is 0 Å². The predicted octanol–water partition coefficient (Wildman–Crippen LogP) is 9.28. The van der Waals surface area contributed by atoms with Gasteiger partial charge in [0, 0.05) is 45.7 Å². The average Bonchev–Trinajstić information content (AvgIpc) is 3.40. The number of carbonyl (C=O) groups excluding carboxylic acids is 2. The highest BCUT2D eigenvalue weighted by atomic mass is 16.6. The molecule has 9 heteroatoms. The van der Waals surface area contributed by atoms with E-state index in [9.17, 15) is 19.7 Å². The van der Waals surface area contributed by atoms with Crippen LogP contribution in [0.1, 0.15) is 27.7 Å². The molecule has 0 unspecified atom stereocenters. The van der Waals surface area contributed by atoms with E-state index < -0.39 is 4.92 Å². The summed E-state index contributed by atoms with van der Waals surface area (Å²) in [5, 5.41) is 13.3. The smallest absolute Gasteiger partial charge is 0.313 e. The fourth-order valence-corrected chi connectivity index (χ4v) is 5.34. The topological polar surface area (TPSA) is 104 Å². The van der Waals surface area contributed by atoms with Gasteiger partial charge in [0.1, 0.15) is 11.5 Å². The largest absolute Gasteiger partial charge is 0.426 e. The summed E-state index contributed by atoms with van der Waals surface area (Å²) in [7, 11) is 0. The van der Waals surface area contributed by atoms with Crippen molar-refractivity contribution in [3.63, 3.8) is 0 Å². The van der Waals surface area contributed by atoms with Gasteiger partial charge in [-0.15, -0.1) is 0 Å². The second-order valence-corrected chi connectivity index (χ2v) is 11.8. The van der Waals surface area contributed by atoms with Gasteiger partial charge in [-0.1, -0.05) is 45.9 Å². The highest BCUT2D eigenvalue weighted by Gasteiger charge is 2.19. The number of carbonyl (C=O) groups is 2. The molecule has 0 aliphatic carbocycles. The van der Waals surface area contributed by atoms with Crippen LogP contribution in [0.4, 0.5) is 22.7 Å². The Balaban J connectivity index is 1.47. The highest BCUT2D eigenvalue weighted by molar-refractivity contribution is 6.10. The molecule has 0 fully saturated rings. The molecule has 0 atom stereocenters. The van der Waals surface area contributed by atoms with Crippen molar-refractivity contribution in [2.75, 3.05) is 4.90 Å². The molecule has 0 N–H and O–H groups in total. The minimum atomic E-state index is -0.405. The second-order valence-electron chi connectivity index (χ2n) is 11.8. The third-order valence-corrected chi connectivity index (χ3v) is 7.80. The fourth-order valence-electron chi connectivity index (χ4n) is 5.34. The summed E-state index contributed by atoms with van der Waals surface area (Å²) in [6.07, 6.45) is 0. The van der Waals surface area contributed by atoms with E-state index in [1.165, 1.54) is 12.1 Å². The monoisotopic (exact) mass is 627 g/mol. The van der Waals surface area contributed by atoms with Crippen molar-refractivity contribution in [1.29, 1.82) is 0 Å². The van der Waals surface area contributed by atoms with Gasteiger partial charge in [0.2, 0.25) is 0 Å². The third-order valence-electron chi connectivity index (χ3n) is 7.80. The standard InChI is InChI=1S/C38H33N3O6/c1-24(2)37(42)46-31-18-13-26(14-19-31)39(27-15-20-32(21-16-27)47-38(43)25(3)4)30-17-22-36-34(23-30)33-7-5-6-8-35(33)40(36)28-9-11-29(12-10-28)41(44)45/h5-25H,1-4H3. The quantitative estimate of drug-likeness (QED) is 0.0681. The van der Waals surface area contributed by atoms with Crippen LogP contribution in [0.25, 0.3) is 27.5 Å². The summed E-state index contributed by atoms with van der Waals surface area (Å²) in [4.78, 5) is 37.4. The van der Waals surface area contributed by atoms with E-state index in [4.69, 9.17) is 9.47 Å². The lowest BCUT2D eigenvalue weighted by Crippen LogP contribution is -2.15. The molecule has 6 rings (SSSR count). The van der Waals surface area contributed by atoms with Crippen LogP contribution in [-0.4, -0.2) is 21.4 Å². The molecule has 1 aromatic heterocycles. The van der Waals surface area contributed by atoms with E-state index in [0.29, 0.717) is 11.5 Å². The Morgan fingerprint density at radius 2 is 1.13 bits per heavy atom. The Hall–Kier alpha value is -5.96. The Kier molecular flexibility index (Phi) is 8.46. The third kappa shape index (κ3) is 6.28. The number of non-ortho nitro benzene ring substituents is 1. The molecule has 9 nitrogen and oxygen atoms in total. The van der Waals surface area contributed by atoms with Crippen molar-refractivity contribution in [2.24, 2.45) is 11.8 Å². The van der Waals surface area contributed by atoms with Crippen LogP contribution < -0.4 is 14.4 Å². The van der Waals surface area contributed by atoms with Gasteiger partial charge in [-0.2, -0.15) is 0 Å². The molecule has 47 heavy (non-hydrogen) atoms. The zero-order chi connectivity index (χ0) is 33.2. The van der Waals surface area contributed by atoms with Gasteiger partial charge in [0.25, 0.3) is 5.69 Å². The maximum Gasteiger partial charge on any atom is 0.313 e. The summed E-state index contributed by atoms with van der Waals surface area (Å²) in [5.41, 5.74) is 5.25. The summed E-state index contributed by atoms with van der Waals surface area (Å²) in [6.45, 7) is 7.15. The summed E-state index contributed by atoms with van der Waals surface area (Å²) in [5.74, 6) is -0.231. The Bertz CT molecular complexity index is 2030. The Morgan fingerprint density at radius 1 is 0.638 bits per heavy atom. The SMILES string of the molecule is CC(C)C(=O)Oc1ccc(N(c2ccc(OC(=O)C(C)C)cc2)c2ccc3c(c2)c2ccccc2n3-c2ccc([N+](=O)[O-])cc2)cc1. The van der Waals surface area contributed by atoms with Crippen LogP contribution in [0, 0.1) is 22.0 Å². The number of hydrogen-bond donors (Lipinski definition) is 0. The van der Waals surface area contributed by atoms with Gasteiger partial charge in [-0.3, -0.25) is 19.7 Å². The first kappa shape index (κ1) is 31.0. The number of nitro benzene ring substituents is 1. The van der Waals surface area contributed by atoms with Crippen LogP contribution in [0.15, 0.2) is 115 Å². The molecule has 236 valence electrons. The number of aromatic nitrogens is 1. The number of anilines is 3. The number of nitrogens with zero attached hydrogens (tertiary/aromatic N) is 3. The molecule has 0 saturated heterocycles. The van der Waals surface area contributed by atoms with Crippen molar-refractivity contribution in [3.05, 3.63) is 125 Å². The summed E-state index contributed by atoms with van der Waals surface area (Å²) < 4.78 is 13.1. The van der Waals surface area contributed by atoms with Crippen molar-refractivity contribution in [1.82, 2.24) is 4.57 Å². The van der Waals surface area contributed by atoms with Crippen molar-refractivity contribution in [2.45, 2.75) is 27.7 Å². The number of nitro groups is 1. The first-order valence-corrected chi connectivity index (χ1v) is 15.3. The van der Waals surface area contributed by atoms with Crippen molar-refractivity contribution >= 4 is 56.5 Å². The number of para-hydroxylation sites is 1. The van der Waals surface area contributed by atoms with E-state index in [1.807, 2.05) is 54.6 Å². The molecule has 6 aromatic rings. The molecule has 0 saturated carbocycles. The van der Waals surface area contributed by atoms with Crippen LogP contribution in [0.5, 0.6) is 11.5 Å². The van der Waals surface area contributed by atoms with Crippen LogP contribution >= 0.6 is 0 Å². The molecule has 1 heterocycles. The fraction of sp³-hybridized carbons (Fsp3) is 0.158. The second kappa shape index (κ2) is 12.8. The number of ether oxygens (including phenoxy) is 2. The molecule has 0 bridgehead atoms. The molecular weight excluding hydrogens is 594 g/mol. The lowest BCUT2D eigenvalue weighted by molar-refractivity contribution is -0.384. The van der Waals surface area contributed by atoms with E-state index in [0.717, 1.165) is 44.6 Å². The highest BCUT2D eigenvalue weighted by Crippen LogP contribution is 2.40. The maximum atomic E-state index is 12.2.